The number of ether oxygens (including phenoxy) is 2. The van der Waals surface area contributed by atoms with E-state index >= 15 is 0 Å². The van der Waals surface area contributed by atoms with Gasteiger partial charge in [-0.3, -0.25) is 9.35 Å². The molecule has 0 amide bonds. The lowest BCUT2D eigenvalue weighted by Crippen LogP contribution is -2.63. The van der Waals surface area contributed by atoms with Crippen molar-refractivity contribution in [2.75, 3.05) is 26.4 Å². The lowest BCUT2D eigenvalue weighted by Gasteiger charge is -2.50. The zero-order chi connectivity index (χ0) is 31.0. The van der Waals surface area contributed by atoms with Gasteiger partial charge >= 0.3 is 0 Å². The van der Waals surface area contributed by atoms with Crippen LogP contribution in [0.2, 0.25) is 0 Å². The molecular formula is C29H52N2O8S. The first-order valence-electron chi connectivity index (χ1n) is 13.7. The SMILES string of the molecule is CC1(C)CC(=O)CC(C)(C)N1.CC1(C)CC2(CC(C)(C)N1)OCCO2.Cc1ccc(S(=O)(=O)O)cc1.OCCO. The summed E-state index contributed by atoms with van der Waals surface area (Å²) in [6, 6.07) is 5.99. The van der Waals surface area contributed by atoms with Crippen LogP contribution in [0.15, 0.2) is 29.2 Å². The molecule has 3 aliphatic rings. The molecule has 3 heterocycles. The average molecular weight is 589 g/mol. The first-order valence-corrected chi connectivity index (χ1v) is 15.1. The Morgan fingerprint density at radius 3 is 1.45 bits per heavy atom. The Kier molecular flexibility index (Phi) is 12.9. The van der Waals surface area contributed by atoms with Crippen molar-refractivity contribution < 1.29 is 37.5 Å². The minimum absolute atomic E-state index is 0.0150. The fourth-order valence-corrected chi connectivity index (χ4v) is 6.36. The van der Waals surface area contributed by atoms with E-state index in [0.717, 1.165) is 31.6 Å². The molecule has 4 rings (SSSR count). The quantitative estimate of drug-likeness (QED) is 0.325. The Morgan fingerprint density at radius 1 is 0.750 bits per heavy atom. The molecule has 5 N–H and O–H groups in total. The van der Waals surface area contributed by atoms with E-state index in [1.807, 2.05) is 6.92 Å². The van der Waals surface area contributed by atoms with E-state index in [9.17, 15) is 13.2 Å². The maximum absolute atomic E-state index is 11.3. The van der Waals surface area contributed by atoms with Crippen molar-refractivity contribution >= 4 is 15.9 Å². The fraction of sp³-hybridized carbons (Fsp3) is 0.759. The third kappa shape index (κ3) is 13.5. The van der Waals surface area contributed by atoms with Gasteiger partial charge in [0.2, 0.25) is 0 Å². The molecule has 1 aromatic carbocycles. The van der Waals surface area contributed by atoms with Crippen LogP contribution in [-0.2, 0) is 24.4 Å². The van der Waals surface area contributed by atoms with E-state index in [1.165, 1.54) is 12.1 Å². The van der Waals surface area contributed by atoms with Crippen molar-refractivity contribution in [1.82, 2.24) is 10.6 Å². The number of carbonyl (C=O) groups is 1. The maximum Gasteiger partial charge on any atom is 0.294 e. The summed E-state index contributed by atoms with van der Waals surface area (Å²) in [5, 5.41) is 22.3. The van der Waals surface area contributed by atoms with Crippen LogP contribution in [-0.4, -0.2) is 83.3 Å². The number of benzene rings is 1. The van der Waals surface area contributed by atoms with Gasteiger partial charge < -0.3 is 30.3 Å². The Labute approximate surface area is 241 Å². The van der Waals surface area contributed by atoms with Gasteiger partial charge in [-0.1, -0.05) is 17.7 Å². The predicted molar refractivity (Wildman–Crippen MR) is 156 cm³/mol. The molecule has 10 nitrogen and oxygen atoms in total. The summed E-state index contributed by atoms with van der Waals surface area (Å²) >= 11 is 0. The normalized spacial score (nSPS) is 23.4. The Morgan fingerprint density at radius 2 is 1.12 bits per heavy atom. The van der Waals surface area contributed by atoms with Crippen LogP contribution in [0.1, 0.15) is 86.6 Å². The van der Waals surface area contributed by atoms with Gasteiger partial charge in [-0.05, 0) is 74.4 Å². The van der Waals surface area contributed by atoms with Crippen LogP contribution in [0.3, 0.4) is 0 Å². The molecule has 232 valence electrons. The van der Waals surface area contributed by atoms with Crippen molar-refractivity contribution in [3.8, 4) is 0 Å². The number of nitrogens with one attached hydrogen (secondary N) is 2. The van der Waals surface area contributed by atoms with Crippen LogP contribution < -0.4 is 10.6 Å². The number of rotatable bonds is 2. The zero-order valence-corrected chi connectivity index (χ0v) is 26.6. The summed E-state index contributed by atoms with van der Waals surface area (Å²) in [4.78, 5) is 11.2. The zero-order valence-electron chi connectivity index (χ0n) is 25.8. The van der Waals surface area contributed by atoms with Crippen LogP contribution in [0.25, 0.3) is 0 Å². The highest BCUT2D eigenvalue weighted by atomic mass is 32.2. The highest BCUT2D eigenvalue weighted by Crippen LogP contribution is 2.41. The van der Waals surface area contributed by atoms with Crippen LogP contribution in [0, 0.1) is 6.92 Å². The van der Waals surface area contributed by atoms with Crippen molar-refractivity contribution in [1.29, 1.82) is 0 Å². The number of hydrogen-bond donors (Lipinski definition) is 5. The van der Waals surface area contributed by atoms with E-state index in [2.05, 4.69) is 66.0 Å². The molecule has 40 heavy (non-hydrogen) atoms. The minimum Gasteiger partial charge on any atom is -0.394 e. The topological polar surface area (TPSA) is 154 Å². The van der Waals surface area contributed by atoms with Gasteiger partial charge in [-0.25, -0.2) is 0 Å². The van der Waals surface area contributed by atoms with Crippen molar-refractivity contribution in [2.24, 2.45) is 0 Å². The number of aliphatic hydroxyl groups excluding tert-OH is 2. The number of carbonyl (C=O) groups excluding carboxylic acids is 1. The number of aryl methyl sites for hydroxylation is 1. The van der Waals surface area contributed by atoms with E-state index < -0.39 is 10.1 Å². The van der Waals surface area contributed by atoms with Crippen LogP contribution >= 0.6 is 0 Å². The first-order chi connectivity index (χ1) is 18.0. The van der Waals surface area contributed by atoms with Gasteiger partial charge in [0.15, 0.2) is 5.79 Å². The van der Waals surface area contributed by atoms with E-state index in [0.29, 0.717) is 18.6 Å². The summed E-state index contributed by atoms with van der Waals surface area (Å²) in [6.45, 7) is 20.2. The Bertz CT molecular complexity index is 1010. The third-order valence-electron chi connectivity index (χ3n) is 6.29. The molecule has 0 unspecified atom stereocenters. The number of aliphatic hydroxyl groups is 2. The molecule has 0 atom stereocenters. The second-order valence-corrected chi connectivity index (χ2v) is 14.8. The highest BCUT2D eigenvalue weighted by molar-refractivity contribution is 7.85. The molecular weight excluding hydrogens is 536 g/mol. The minimum atomic E-state index is -4.02. The maximum atomic E-state index is 11.3. The summed E-state index contributed by atoms with van der Waals surface area (Å²) < 4.78 is 41.1. The van der Waals surface area contributed by atoms with Gasteiger partial charge in [0, 0.05) is 47.8 Å². The standard InChI is InChI=1S/C11H21NO2.C9H17NO.C7H8O3S.C2H6O2/c1-9(2)7-11(13-5-6-14-11)8-10(3,4)12-9;1-8(2)5-7(11)6-9(3,4)10-8;1-6-2-4-7(5-3-6)11(8,9)10;3-1-2-4/h12H,5-8H2,1-4H3;10H,5-6H2,1-4H3;2-5H,1H3,(H,8,9,10);3-4H,1-2H2. The van der Waals surface area contributed by atoms with Crippen LogP contribution in [0.4, 0.5) is 0 Å². The molecule has 0 bridgehead atoms. The number of Topliss-reactive ketones (excluding diaryl/α,β-unsaturated/α-hetero) is 1. The van der Waals surface area contributed by atoms with Crippen molar-refractivity contribution in [2.45, 2.75) is 121 Å². The molecule has 3 saturated heterocycles. The molecule has 0 saturated carbocycles. The molecule has 3 fully saturated rings. The average Bonchev–Trinajstić information content (AvgIpc) is 3.16. The molecule has 1 spiro atoms. The van der Waals surface area contributed by atoms with Gasteiger partial charge in [0.05, 0.1) is 31.3 Å². The Hall–Kier alpha value is -1.44. The van der Waals surface area contributed by atoms with Crippen molar-refractivity contribution in [3.63, 3.8) is 0 Å². The monoisotopic (exact) mass is 588 g/mol. The van der Waals surface area contributed by atoms with Gasteiger partial charge in [-0.2, -0.15) is 8.42 Å². The summed E-state index contributed by atoms with van der Waals surface area (Å²) in [5.41, 5.74) is 1.10. The van der Waals surface area contributed by atoms with Gasteiger partial charge in [0.1, 0.15) is 5.78 Å². The smallest absolute Gasteiger partial charge is 0.294 e. The highest BCUT2D eigenvalue weighted by Gasteiger charge is 2.50. The van der Waals surface area contributed by atoms with Gasteiger partial charge in [0.25, 0.3) is 10.1 Å². The first kappa shape index (κ1) is 36.6. The van der Waals surface area contributed by atoms with E-state index in [4.69, 9.17) is 24.2 Å². The number of hydrogen-bond acceptors (Lipinski definition) is 9. The fourth-order valence-electron chi connectivity index (χ4n) is 5.88. The summed E-state index contributed by atoms with van der Waals surface area (Å²) in [6.07, 6.45) is 3.19. The number of ketones is 1. The lowest BCUT2D eigenvalue weighted by atomic mass is 9.79. The van der Waals surface area contributed by atoms with E-state index in [1.54, 1.807) is 12.1 Å². The second kappa shape index (κ2) is 14.2. The molecule has 0 aromatic heterocycles. The molecule has 0 radical (unpaired) electrons. The van der Waals surface area contributed by atoms with Crippen LogP contribution in [0.5, 0.6) is 0 Å². The predicted octanol–water partition coefficient (Wildman–Crippen LogP) is 3.38. The lowest BCUT2D eigenvalue weighted by molar-refractivity contribution is -0.205. The Balaban J connectivity index is 0.000000284. The van der Waals surface area contributed by atoms with Crippen molar-refractivity contribution in [3.05, 3.63) is 29.8 Å². The second-order valence-electron chi connectivity index (χ2n) is 13.4. The van der Waals surface area contributed by atoms with E-state index in [-0.39, 0.29) is 46.1 Å². The third-order valence-corrected chi connectivity index (χ3v) is 7.15. The summed E-state index contributed by atoms with van der Waals surface area (Å²) in [7, 11) is -4.02. The largest absolute Gasteiger partial charge is 0.394 e. The molecule has 3 aliphatic heterocycles. The molecule has 0 aliphatic carbocycles. The molecule has 11 heteroatoms. The summed E-state index contributed by atoms with van der Waals surface area (Å²) in [5.74, 6) is 0.0527. The molecule has 1 aromatic rings. The number of piperidine rings is 2. The van der Waals surface area contributed by atoms with Gasteiger partial charge in [-0.15, -0.1) is 0 Å².